The Morgan fingerprint density at radius 3 is 2.19 bits per heavy atom. The highest BCUT2D eigenvalue weighted by Crippen LogP contribution is 2.39. The first-order valence-electron chi connectivity index (χ1n) is 12.9. The lowest BCUT2D eigenvalue weighted by molar-refractivity contribution is -0.143. The molecule has 0 aromatic heterocycles. The third kappa shape index (κ3) is 4.57. The van der Waals surface area contributed by atoms with Crippen LogP contribution in [0.5, 0.6) is 0 Å². The SMILES string of the molecule is CCc1ccc(C(=O)N2CCC3(CC2)C(=O)N(CC(=O)N2CCOCC2)CN3c2ccccc2)cc1. The summed E-state index contributed by atoms with van der Waals surface area (Å²) in [6.07, 6.45) is 1.99. The second-order valence-corrected chi connectivity index (χ2v) is 9.78. The van der Waals surface area contributed by atoms with Crippen molar-refractivity contribution in [3.05, 3.63) is 65.7 Å². The third-order valence-corrected chi connectivity index (χ3v) is 7.76. The van der Waals surface area contributed by atoms with E-state index in [0.29, 0.717) is 64.5 Å². The van der Waals surface area contributed by atoms with Gasteiger partial charge in [0.05, 0.1) is 19.9 Å². The number of likely N-dealkylation sites (tertiary alicyclic amines) is 1. The van der Waals surface area contributed by atoms with Crippen molar-refractivity contribution >= 4 is 23.4 Å². The second kappa shape index (κ2) is 10.3. The van der Waals surface area contributed by atoms with E-state index in [-0.39, 0.29) is 24.3 Å². The van der Waals surface area contributed by atoms with Gasteiger partial charge in [-0.15, -0.1) is 0 Å². The fourth-order valence-corrected chi connectivity index (χ4v) is 5.54. The van der Waals surface area contributed by atoms with Gasteiger partial charge in [-0.1, -0.05) is 37.3 Å². The fourth-order valence-electron chi connectivity index (χ4n) is 5.54. The summed E-state index contributed by atoms with van der Waals surface area (Å²) in [4.78, 5) is 47.5. The van der Waals surface area contributed by atoms with Crippen molar-refractivity contribution in [1.82, 2.24) is 14.7 Å². The Balaban J connectivity index is 1.33. The standard InChI is InChI=1S/C28H34N4O4/c1-2-22-8-10-23(11-9-22)26(34)30-14-12-28(13-15-30)27(35)31(20-25(33)29-16-18-36-19-17-29)21-32(28)24-6-4-3-5-7-24/h3-11H,2,12-21H2,1H3. The average Bonchev–Trinajstić information content (AvgIpc) is 3.20. The molecular formula is C28H34N4O4. The van der Waals surface area contributed by atoms with Crippen LogP contribution in [0.1, 0.15) is 35.7 Å². The number of carbonyl (C=O) groups excluding carboxylic acids is 3. The Morgan fingerprint density at radius 1 is 0.889 bits per heavy atom. The number of hydrogen-bond acceptors (Lipinski definition) is 5. The summed E-state index contributed by atoms with van der Waals surface area (Å²) in [7, 11) is 0. The van der Waals surface area contributed by atoms with Crippen LogP contribution in [0.2, 0.25) is 0 Å². The Kier molecular flexibility index (Phi) is 6.96. The fraction of sp³-hybridized carbons (Fsp3) is 0.464. The molecule has 36 heavy (non-hydrogen) atoms. The molecule has 3 saturated heterocycles. The van der Waals surface area contributed by atoms with Gasteiger partial charge in [-0.2, -0.15) is 0 Å². The smallest absolute Gasteiger partial charge is 0.253 e. The molecule has 0 aliphatic carbocycles. The number of piperidine rings is 1. The van der Waals surface area contributed by atoms with E-state index in [1.165, 1.54) is 5.56 Å². The normalized spacial score (nSPS) is 19.8. The first-order chi connectivity index (χ1) is 17.5. The zero-order valence-electron chi connectivity index (χ0n) is 20.9. The predicted octanol–water partition coefficient (Wildman–Crippen LogP) is 2.39. The molecule has 5 rings (SSSR count). The van der Waals surface area contributed by atoms with Crippen molar-refractivity contribution < 1.29 is 19.1 Å². The summed E-state index contributed by atoms with van der Waals surface area (Å²) in [6, 6.07) is 17.7. The molecule has 3 aliphatic rings. The first-order valence-corrected chi connectivity index (χ1v) is 12.9. The maximum absolute atomic E-state index is 13.9. The van der Waals surface area contributed by atoms with E-state index >= 15 is 0 Å². The number of para-hydroxylation sites is 1. The number of amides is 3. The van der Waals surface area contributed by atoms with Gasteiger partial charge in [-0.25, -0.2) is 0 Å². The van der Waals surface area contributed by atoms with Crippen molar-refractivity contribution in [3.63, 3.8) is 0 Å². The molecule has 3 heterocycles. The van der Waals surface area contributed by atoms with Crippen LogP contribution in [-0.4, -0.2) is 90.6 Å². The van der Waals surface area contributed by atoms with E-state index in [9.17, 15) is 14.4 Å². The van der Waals surface area contributed by atoms with Crippen LogP contribution in [0.25, 0.3) is 0 Å². The zero-order valence-corrected chi connectivity index (χ0v) is 20.9. The molecule has 8 heteroatoms. The van der Waals surface area contributed by atoms with Crippen molar-refractivity contribution in [2.45, 2.75) is 31.7 Å². The number of rotatable bonds is 5. The third-order valence-electron chi connectivity index (χ3n) is 7.76. The van der Waals surface area contributed by atoms with E-state index in [0.717, 1.165) is 12.1 Å². The van der Waals surface area contributed by atoms with Gasteiger partial charge in [0.2, 0.25) is 5.91 Å². The van der Waals surface area contributed by atoms with E-state index in [1.54, 1.807) is 9.80 Å². The molecule has 0 radical (unpaired) electrons. The molecule has 2 aromatic carbocycles. The maximum atomic E-state index is 13.9. The highest BCUT2D eigenvalue weighted by molar-refractivity contribution is 5.97. The molecule has 0 unspecified atom stereocenters. The first kappa shape index (κ1) is 24.3. The molecule has 1 spiro atoms. The molecular weight excluding hydrogens is 456 g/mol. The van der Waals surface area contributed by atoms with Gasteiger partial charge in [-0.3, -0.25) is 14.4 Å². The van der Waals surface area contributed by atoms with Crippen LogP contribution in [0.4, 0.5) is 5.69 Å². The summed E-state index contributed by atoms with van der Waals surface area (Å²) >= 11 is 0. The van der Waals surface area contributed by atoms with Crippen LogP contribution >= 0.6 is 0 Å². The topological polar surface area (TPSA) is 73.4 Å². The minimum Gasteiger partial charge on any atom is -0.378 e. The minimum absolute atomic E-state index is 0.00330. The molecule has 190 valence electrons. The van der Waals surface area contributed by atoms with Crippen LogP contribution in [0.3, 0.4) is 0 Å². The zero-order chi connectivity index (χ0) is 25.1. The number of aryl methyl sites for hydroxylation is 1. The number of nitrogens with zero attached hydrogens (tertiary/aromatic N) is 4. The van der Waals surface area contributed by atoms with Gasteiger partial charge in [0.25, 0.3) is 11.8 Å². The summed E-state index contributed by atoms with van der Waals surface area (Å²) in [6.45, 7) is 5.70. The van der Waals surface area contributed by atoms with Crippen LogP contribution in [-0.2, 0) is 20.7 Å². The van der Waals surface area contributed by atoms with Crippen molar-refractivity contribution in [2.75, 3.05) is 57.5 Å². The van der Waals surface area contributed by atoms with Crippen molar-refractivity contribution in [3.8, 4) is 0 Å². The van der Waals surface area contributed by atoms with Gasteiger partial charge in [0.1, 0.15) is 12.1 Å². The van der Waals surface area contributed by atoms with Crippen LogP contribution < -0.4 is 4.90 Å². The van der Waals surface area contributed by atoms with E-state index in [1.807, 2.05) is 59.5 Å². The Hall–Kier alpha value is -3.39. The predicted molar refractivity (Wildman–Crippen MR) is 137 cm³/mol. The number of morpholine rings is 1. The molecule has 0 atom stereocenters. The van der Waals surface area contributed by atoms with Crippen molar-refractivity contribution in [1.29, 1.82) is 0 Å². The Morgan fingerprint density at radius 2 is 1.56 bits per heavy atom. The highest BCUT2D eigenvalue weighted by Gasteiger charge is 2.54. The summed E-state index contributed by atoms with van der Waals surface area (Å²) in [5, 5.41) is 0. The number of benzene rings is 2. The van der Waals surface area contributed by atoms with Gasteiger partial charge in [0, 0.05) is 37.4 Å². The molecule has 3 aliphatic heterocycles. The summed E-state index contributed by atoms with van der Waals surface area (Å²) in [5.74, 6) is -0.0595. The molecule has 0 N–H and O–H groups in total. The number of carbonyl (C=O) groups is 3. The van der Waals surface area contributed by atoms with Gasteiger partial charge >= 0.3 is 0 Å². The second-order valence-electron chi connectivity index (χ2n) is 9.78. The lowest BCUT2D eigenvalue weighted by atomic mass is 9.85. The number of anilines is 1. The van der Waals surface area contributed by atoms with E-state index in [4.69, 9.17) is 4.74 Å². The number of ether oxygens (including phenoxy) is 1. The van der Waals surface area contributed by atoms with E-state index < -0.39 is 5.54 Å². The number of hydrogen-bond donors (Lipinski definition) is 0. The quantitative estimate of drug-likeness (QED) is 0.644. The van der Waals surface area contributed by atoms with Gasteiger partial charge in [0.15, 0.2) is 0 Å². The van der Waals surface area contributed by atoms with Crippen molar-refractivity contribution in [2.24, 2.45) is 0 Å². The largest absolute Gasteiger partial charge is 0.378 e. The molecule has 0 bridgehead atoms. The minimum atomic E-state index is -0.754. The average molecular weight is 491 g/mol. The van der Waals surface area contributed by atoms with E-state index in [2.05, 4.69) is 11.8 Å². The summed E-state index contributed by atoms with van der Waals surface area (Å²) in [5.41, 5.74) is 2.08. The van der Waals surface area contributed by atoms with Gasteiger partial charge in [-0.05, 0) is 49.1 Å². The highest BCUT2D eigenvalue weighted by atomic mass is 16.5. The Bertz CT molecular complexity index is 1090. The molecule has 8 nitrogen and oxygen atoms in total. The lowest BCUT2D eigenvalue weighted by Crippen LogP contribution is -2.57. The van der Waals surface area contributed by atoms with Gasteiger partial charge < -0.3 is 24.3 Å². The monoisotopic (exact) mass is 490 g/mol. The Labute approximate surface area is 212 Å². The summed E-state index contributed by atoms with van der Waals surface area (Å²) < 4.78 is 5.36. The molecule has 0 saturated carbocycles. The molecule has 3 amide bonds. The van der Waals surface area contributed by atoms with Crippen LogP contribution in [0, 0.1) is 0 Å². The molecule has 2 aromatic rings. The lowest BCUT2D eigenvalue weighted by Gasteiger charge is -2.43. The molecule has 3 fully saturated rings. The van der Waals surface area contributed by atoms with Crippen LogP contribution in [0.15, 0.2) is 54.6 Å². The maximum Gasteiger partial charge on any atom is 0.253 e.